The normalized spacial score (nSPS) is 16.8. The van der Waals surface area contributed by atoms with Gasteiger partial charge in [0.25, 0.3) is 0 Å². The lowest BCUT2D eigenvalue weighted by molar-refractivity contribution is -0.136. The average Bonchev–Trinajstić information content (AvgIpc) is 3.00. The number of rotatable bonds is 8. The molecule has 0 aromatic heterocycles. The fourth-order valence-electron chi connectivity index (χ4n) is 5.60. The van der Waals surface area contributed by atoms with Crippen molar-refractivity contribution >= 4 is 17.3 Å². The molecule has 0 fully saturated rings. The Labute approximate surface area is 242 Å². The van der Waals surface area contributed by atoms with E-state index in [1.807, 2.05) is 42.5 Å². The van der Waals surface area contributed by atoms with Crippen LogP contribution < -0.4 is 19.7 Å². The van der Waals surface area contributed by atoms with E-state index in [4.69, 9.17) is 14.2 Å². The zero-order chi connectivity index (χ0) is 28.9. The summed E-state index contributed by atoms with van der Waals surface area (Å²) in [5.74, 6) is 1.17. The van der Waals surface area contributed by atoms with Crippen molar-refractivity contribution in [2.45, 2.75) is 32.4 Å². The van der Waals surface area contributed by atoms with Crippen molar-refractivity contribution in [3.8, 4) is 11.5 Å². The van der Waals surface area contributed by atoms with E-state index in [0.29, 0.717) is 12.0 Å². The molecule has 210 valence electrons. The van der Waals surface area contributed by atoms with Gasteiger partial charge in [0.15, 0.2) is 0 Å². The molecule has 4 aromatic rings. The number of hydrogen-bond acceptors (Lipinski definition) is 6. The minimum atomic E-state index is -0.421. The first-order valence-corrected chi connectivity index (χ1v) is 13.7. The van der Waals surface area contributed by atoms with E-state index in [1.54, 1.807) is 14.2 Å². The van der Waals surface area contributed by atoms with Gasteiger partial charge in [0.2, 0.25) is 0 Å². The largest absolute Gasteiger partial charge is 0.497 e. The van der Waals surface area contributed by atoms with E-state index < -0.39 is 6.04 Å². The molecule has 0 saturated heterocycles. The summed E-state index contributed by atoms with van der Waals surface area (Å²) in [7, 11) is 4.75. The Bertz CT molecular complexity index is 1540. The zero-order valence-corrected chi connectivity index (χ0v) is 24.2. The van der Waals surface area contributed by atoms with Crippen LogP contribution in [0.25, 0.3) is 0 Å². The van der Waals surface area contributed by atoms with Gasteiger partial charge >= 0.3 is 5.97 Å². The lowest BCUT2D eigenvalue weighted by Gasteiger charge is -2.46. The van der Waals surface area contributed by atoms with Crippen LogP contribution >= 0.6 is 0 Å². The van der Waals surface area contributed by atoms with E-state index in [0.717, 1.165) is 45.3 Å². The maximum atomic E-state index is 13.7. The van der Waals surface area contributed by atoms with Crippen LogP contribution in [0.15, 0.2) is 108 Å². The van der Waals surface area contributed by atoms with Gasteiger partial charge in [0.05, 0.1) is 39.0 Å². The third-order valence-corrected chi connectivity index (χ3v) is 7.56. The number of nitrogens with one attached hydrogen (secondary N) is 1. The van der Waals surface area contributed by atoms with E-state index in [1.165, 1.54) is 12.7 Å². The Morgan fingerprint density at radius 2 is 1.32 bits per heavy atom. The van der Waals surface area contributed by atoms with E-state index in [2.05, 4.69) is 78.7 Å². The number of carbonyl (C=O) groups excluding carboxylic acids is 1. The zero-order valence-electron chi connectivity index (χ0n) is 24.2. The molecule has 4 aromatic carbocycles. The summed E-state index contributed by atoms with van der Waals surface area (Å²) in [6, 6.07) is 32.2. The summed E-state index contributed by atoms with van der Waals surface area (Å²) in [6.07, 6.45) is 0.564. The van der Waals surface area contributed by atoms with Gasteiger partial charge in [-0.25, -0.2) is 4.79 Å². The van der Waals surface area contributed by atoms with Crippen molar-refractivity contribution in [2.75, 3.05) is 31.5 Å². The van der Waals surface area contributed by atoms with Gasteiger partial charge in [-0.1, -0.05) is 59.7 Å². The van der Waals surface area contributed by atoms with Gasteiger partial charge in [0, 0.05) is 23.5 Å². The Kier molecular flexibility index (Phi) is 8.29. The van der Waals surface area contributed by atoms with Gasteiger partial charge in [-0.05, 0) is 73.5 Å². The van der Waals surface area contributed by atoms with Crippen LogP contribution in [-0.2, 0) is 9.53 Å². The predicted molar refractivity (Wildman–Crippen MR) is 164 cm³/mol. The van der Waals surface area contributed by atoms with Gasteiger partial charge in [-0.15, -0.1) is 0 Å². The summed E-state index contributed by atoms with van der Waals surface area (Å²) in [4.78, 5) is 16.1. The Morgan fingerprint density at radius 1 is 0.756 bits per heavy atom. The van der Waals surface area contributed by atoms with Gasteiger partial charge in [-0.3, -0.25) is 0 Å². The standard InChI is InChI=1S/C35H36N2O4/c1-23-8-6-10-25(20-23)32-22-31(36-27-12-16-29(39-3)17-13-27)33(35(38)41-5)34(26-11-7-9-24(2)21-26)37(32)28-14-18-30(40-4)19-15-28/h6-21,32,34,36H,22H2,1-5H3. The van der Waals surface area contributed by atoms with E-state index >= 15 is 0 Å². The Hall–Kier alpha value is -4.71. The molecule has 1 aliphatic rings. The Balaban J connectivity index is 1.76. The van der Waals surface area contributed by atoms with Crippen molar-refractivity contribution in [1.82, 2.24) is 0 Å². The molecule has 1 heterocycles. The second kappa shape index (κ2) is 12.2. The number of benzene rings is 4. The molecule has 0 radical (unpaired) electrons. The maximum absolute atomic E-state index is 13.7. The number of carbonyl (C=O) groups is 1. The molecule has 0 amide bonds. The van der Waals surface area contributed by atoms with Gasteiger partial charge in [-0.2, -0.15) is 0 Å². The number of aryl methyl sites for hydroxylation is 2. The predicted octanol–water partition coefficient (Wildman–Crippen LogP) is 7.55. The number of methoxy groups -OCH3 is 3. The molecule has 5 rings (SSSR count). The van der Waals surface area contributed by atoms with Crippen molar-refractivity contribution in [3.63, 3.8) is 0 Å². The topological polar surface area (TPSA) is 60.0 Å². The highest BCUT2D eigenvalue weighted by molar-refractivity contribution is 5.93. The molecular weight excluding hydrogens is 512 g/mol. The van der Waals surface area contributed by atoms with Crippen molar-refractivity contribution in [2.24, 2.45) is 0 Å². The number of anilines is 2. The summed E-state index contributed by atoms with van der Waals surface area (Å²) in [6.45, 7) is 4.18. The second-order valence-corrected chi connectivity index (χ2v) is 10.3. The number of ether oxygens (including phenoxy) is 3. The molecule has 41 heavy (non-hydrogen) atoms. The molecule has 0 saturated carbocycles. The number of hydrogen-bond donors (Lipinski definition) is 1. The highest BCUT2D eigenvalue weighted by Crippen LogP contribution is 2.48. The van der Waals surface area contributed by atoms with Crippen LogP contribution in [-0.4, -0.2) is 27.3 Å². The van der Waals surface area contributed by atoms with Crippen LogP contribution in [0.1, 0.15) is 40.8 Å². The van der Waals surface area contributed by atoms with Crippen LogP contribution in [0.4, 0.5) is 11.4 Å². The quantitative estimate of drug-likeness (QED) is 0.229. The molecular formula is C35H36N2O4. The number of esters is 1. The van der Waals surface area contributed by atoms with Gasteiger partial charge < -0.3 is 24.4 Å². The second-order valence-electron chi connectivity index (χ2n) is 10.3. The molecule has 1 aliphatic heterocycles. The monoisotopic (exact) mass is 548 g/mol. The molecule has 0 bridgehead atoms. The van der Waals surface area contributed by atoms with Crippen molar-refractivity contribution in [3.05, 3.63) is 131 Å². The molecule has 2 atom stereocenters. The maximum Gasteiger partial charge on any atom is 0.337 e. The van der Waals surface area contributed by atoms with E-state index in [9.17, 15) is 4.79 Å². The SMILES string of the molecule is COC(=O)C1=C(Nc2ccc(OC)cc2)CC(c2cccc(C)c2)N(c2ccc(OC)cc2)C1c1cccc(C)c1. The molecule has 0 spiro atoms. The molecule has 1 N–H and O–H groups in total. The summed E-state index contributed by atoms with van der Waals surface area (Å²) < 4.78 is 16.3. The third-order valence-electron chi connectivity index (χ3n) is 7.56. The first-order chi connectivity index (χ1) is 19.9. The highest BCUT2D eigenvalue weighted by atomic mass is 16.5. The van der Waals surface area contributed by atoms with Crippen molar-refractivity contribution in [1.29, 1.82) is 0 Å². The fourth-order valence-corrected chi connectivity index (χ4v) is 5.60. The molecule has 2 unspecified atom stereocenters. The summed E-state index contributed by atoms with van der Waals surface area (Å²) >= 11 is 0. The minimum absolute atomic E-state index is 0.0806. The molecule has 6 nitrogen and oxygen atoms in total. The highest BCUT2D eigenvalue weighted by Gasteiger charge is 2.41. The third kappa shape index (κ3) is 5.92. The minimum Gasteiger partial charge on any atom is -0.497 e. The van der Waals surface area contributed by atoms with Crippen LogP contribution in [0, 0.1) is 13.8 Å². The molecule has 0 aliphatic carbocycles. The summed E-state index contributed by atoms with van der Waals surface area (Å²) in [5.41, 5.74) is 7.71. The van der Waals surface area contributed by atoms with Crippen LogP contribution in [0.2, 0.25) is 0 Å². The lowest BCUT2D eigenvalue weighted by Crippen LogP contribution is -2.41. The Morgan fingerprint density at radius 3 is 1.88 bits per heavy atom. The average molecular weight is 549 g/mol. The lowest BCUT2D eigenvalue weighted by atomic mass is 9.83. The van der Waals surface area contributed by atoms with E-state index in [-0.39, 0.29) is 12.0 Å². The molecule has 6 heteroatoms. The smallest absolute Gasteiger partial charge is 0.337 e. The first-order valence-electron chi connectivity index (χ1n) is 13.7. The summed E-state index contributed by atoms with van der Waals surface area (Å²) in [5, 5.41) is 3.59. The van der Waals surface area contributed by atoms with Gasteiger partial charge in [0.1, 0.15) is 11.5 Å². The van der Waals surface area contributed by atoms with Crippen molar-refractivity contribution < 1.29 is 19.0 Å². The van der Waals surface area contributed by atoms with Crippen LogP contribution in [0.5, 0.6) is 11.5 Å². The van der Waals surface area contributed by atoms with Crippen LogP contribution in [0.3, 0.4) is 0 Å². The first kappa shape index (κ1) is 27.8. The number of nitrogens with zero attached hydrogens (tertiary/aromatic N) is 1. The fraction of sp³-hybridized carbons (Fsp3) is 0.229.